The maximum atomic E-state index is 10.2. The number of carbonyl (C=O) groups is 2. The van der Waals surface area contributed by atoms with Crippen LogP contribution in [0.3, 0.4) is 0 Å². The summed E-state index contributed by atoms with van der Waals surface area (Å²) in [5.41, 5.74) is -3.35. The molecular weight excluding hydrogens is 172 g/mol. The quantitative estimate of drug-likeness (QED) is 0.295. The summed E-state index contributed by atoms with van der Waals surface area (Å²) in [4.78, 5) is 20.3. The maximum Gasteiger partial charge on any atom is 0.350 e. The second-order valence-corrected chi connectivity index (χ2v) is 2.08. The van der Waals surface area contributed by atoms with Gasteiger partial charge in [-0.25, -0.2) is 9.59 Å². The van der Waals surface area contributed by atoms with Gasteiger partial charge in [-0.1, -0.05) is 0 Å². The highest BCUT2D eigenvalue weighted by atomic mass is 16.5. The van der Waals surface area contributed by atoms with E-state index in [2.05, 4.69) is 0 Å². The Labute approximate surface area is 66.5 Å². The summed E-state index contributed by atoms with van der Waals surface area (Å²) in [5.74, 6) is -4.26. The van der Waals surface area contributed by atoms with Crippen LogP contribution in [0.25, 0.3) is 0 Å². The van der Waals surface area contributed by atoms with E-state index in [0.29, 0.717) is 0 Å². The van der Waals surface area contributed by atoms with Gasteiger partial charge in [-0.3, -0.25) is 0 Å². The van der Waals surface area contributed by atoms with Gasteiger partial charge in [0.2, 0.25) is 0 Å². The lowest BCUT2D eigenvalue weighted by Crippen LogP contribution is -2.57. The van der Waals surface area contributed by atoms with Crippen molar-refractivity contribution in [3.63, 3.8) is 0 Å². The van der Waals surface area contributed by atoms with Gasteiger partial charge in [-0.05, 0) is 0 Å². The van der Waals surface area contributed by atoms with E-state index in [1.807, 2.05) is 0 Å². The van der Waals surface area contributed by atoms with Crippen LogP contribution in [0.4, 0.5) is 0 Å². The van der Waals surface area contributed by atoms with Crippen molar-refractivity contribution in [1.82, 2.24) is 0 Å². The lowest BCUT2D eigenvalue weighted by Gasteiger charge is -2.22. The van der Waals surface area contributed by atoms with Gasteiger partial charge in [0.15, 0.2) is 0 Å². The van der Waals surface area contributed by atoms with Crippen molar-refractivity contribution < 1.29 is 35.1 Å². The number of hydrogen-bond acceptors (Lipinski definition) is 5. The normalized spacial score (nSPS) is 13.9. The van der Waals surface area contributed by atoms with Gasteiger partial charge in [-0.2, -0.15) is 0 Å². The Hall–Kier alpha value is -1.18. The molecule has 0 aliphatic carbocycles. The number of carboxylic acids is 2. The van der Waals surface area contributed by atoms with Crippen LogP contribution < -0.4 is 0 Å². The number of carboxylic acid groups (broad SMARTS) is 2. The van der Waals surface area contributed by atoms with Crippen LogP contribution in [0.5, 0.6) is 0 Å². The predicted molar refractivity (Wildman–Crippen MR) is 33.3 cm³/mol. The van der Waals surface area contributed by atoms with Crippen LogP contribution in [0.1, 0.15) is 0 Å². The van der Waals surface area contributed by atoms with Crippen LogP contribution in [-0.4, -0.2) is 55.8 Å². The molecular formula is C5H8O7. The van der Waals surface area contributed by atoms with Crippen molar-refractivity contribution in [1.29, 1.82) is 0 Å². The van der Waals surface area contributed by atoms with Crippen LogP contribution in [0, 0.1) is 0 Å². The number of aliphatic hydroxyl groups is 3. The molecule has 0 aliphatic rings. The molecule has 7 nitrogen and oxygen atoms in total. The van der Waals surface area contributed by atoms with Crippen molar-refractivity contribution in [3.8, 4) is 0 Å². The van der Waals surface area contributed by atoms with Crippen molar-refractivity contribution in [2.75, 3.05) is 6.61 Å². The van der Waals surface area contributed by atoms with Crippen LogP contribution in [0.15, 0.2) is 0 Å². The fourth-order valence-electron chi connectivity index (χ4n) is 0.509. The van der Waals surface area contributed by atoms with Crippen molar-refractivity contribution in [2.24, 2.45) is 0 Å². The number of aliphatic carboxylic acids is 2. The third kappa shape index (κ3) is 1.52. The topological polar surface area (TPSA) is 135 Å². The molecule has 12 heavy (non-hydrogen) atoms. The summed E-state index contributed by atoms with van der Waals surface area (Å²) in [6.45, 7) is -1.16. The zero-order valence-corrected chi connectivity index (χ0v) is 5.84. The molecule has 1 unspecified atom stereocenters. The van der Waals surface area contributed by atoms with E-state index < -0.39 is 30.3 Å². The maximum absolute atomic E-state index is 10.2. The van der Waals surface area contributed by atoms with Gasteiger partial charge in [-0.15, -0.1) is 0 Å². The average molecular weight is 180 g/mol. The average Bonchev–Trinajstić information content (AvgIpc) is 2.00. The molecule has 1 atom stereocenters. The van der Waals surface area contributed by atoms with Gasteiger partial charge < -0.3 is 25.5 Å². The molecule has 0 spiro atoms. The Morgan fingerprint density at radius 1 is 1.25 bits per heavy atom. The monoisotopic (exact) mass is 180 g/mol. The minimum absolute atomic E-state index is 1.16. The van der Waals surface area contributed by atoms with Gasteiger partial charge in [0, 0.05) is 0 Å². The fraction of sp³-hybridized carbons (Fsp3) is 0.600. The molecule has 0 radical (unpaired) electrons. The summed E-state index contributed by atoms with van der Waals surface area (Å²) in [5, 5.41) is 42.1. The molecule has 0 aromatic carbocycles. The molecule has 0 saturated carbocycles. The number of aliphatic hydroxyl groups excluding tert-OH is 2. The van der Waals surface area contributed by atoms with Crippen molar-refractivity contribution in [3.05, 3.63) is 0 Å². The highest BCUT2D eigenvalue weighted by Gasteiger charge is 2.51. The smallest absolute Gasteiger partial charge is 0.350 e. The fourth-order valence-corrected chi connectivity index (χ4v) is 0.509. The van der Waals surface area contributed by atoms with E-state index in [0.717, 1.165) is 0 Å². The molecule has 0 aliphatic heterocycles. The Kier molecular flexibility index (Phi) is 3.14. The molecule has 70 valence electrons. The molecule has 0 rings (SSSR count). The van der Waals surface area contributed by atoms with Crippen LogP contribution in [-0.2, 0) is 9.59 Å². The Morgan fingerprint density at radius 2 is 1.58 bits per heavy atom. The number of rotatable bonds is 4. The highest BCUT2D eigenvalue weighted by molar-refractivity contribution is 6.02. The molecule has 0 aromatic rings. The SMILES string of the molecule is O=C(O)C(O)(C(=O)O)C(O)CO. The van der Waals surface area contributed by atoms with E-state index in [1.165, 1.54) is 0 Å². The Bertz CT molecular complexity index is 184. The lowest BCUT2D eigenvalue weighted by molar-refractivity contribution is -0.191. The third-order valence-electron chi connectivity index (χ3n) is 1.31. The van der Waals surface area contributed by atoms with Crippen molar-refractivity contribution in [2.45, 2.75) is 11.7 Å². The molecule has 0 amide bonds. The second-order valence-electron chi connectivity index (χ2n) is 2.08. The molecule has 0 heterocycles. The van der Waals surface area contributed by atoms with E-state index >= 15 is 0 Å². The van der Waals surface area contributed by atoms with Gasteiger partial charge in [0.1, 0.15) is 6.10 Å². The highest BCUT2D eigenvalue weighted by Crippen LogP contribution is 2.11. The number of hydrogen-bond donors (Lipinski definition) is 5. The standard InChI is InChI=1S/C5H8O7/c6-1-2(7)5(12,3(8)9)4(10)11/h2,6-7,12H,1H2,(H,8,9)(H,10,11). The lowest BCUT2D eigenvalue weighted by atomic mass is 9.98. The van der Waals surface area contributed by atoms with Crippen LogP contribution >= 0.6 is 0 Å². The molecule has 0 aromatic heterocycles. The Balaban J connectivity index is 4.87. The van der Waals surface area contributed by atoms with E-state index in [4.69, 9.17) is 25.5 Å². The summed E-state index contributed by atoms with van der Waals surface area (Å²) >= 11 is 0. The first-order valence-electron chi connectivity index (χ1n) is 2.85. The van der Waals surface area contributed by atoms with Gasteiger partial charge in [0.25, 0.3) is 5.60 Å². The van der Waals surface area contributed by atoms with Crippen molar-refractivity contribution >= 4 is 11.9 Å². The summed E-state index contributed by atoms with van der Waals surface area (Å²) in [7, 11) is 0. The third-order valence-corrected chi connectivity index (χ3v) is 1.31. The van der Waals surface area contributed by atoms with Crippen LogP contribution in [0.2, 0.25) is 0 Å². The molecule has 0 fully saturated rings. The van der Waals surface area contributed by atoms with E-state index in [-0.39, 0.29) is 0 Å². The minimum atomic E-state index is -3.35. The zero-order chi connectivity index (χ0) is 9.94. The summed E-state index contributed by atoms with van der Waals surface area (Å²) in [6, 6.07) is 0. The van der Waals surface area contributed by atoms with E-state index in [1.54, 1.807) is 0 Å². The molecule has 0 saturated heterocycles. The minimum Gasteiger partial charge on any atom is -0.479 e. The largest absolute Gasteiger partial charge is 0.479 e. The Morgan fingerprint density at radius 3 is 1.67 bits per heavy atom. The van der Waals surface area contributed by atoms with Gasteiger partial charge >= 0.3 is 11.9 Å². The zero-order valence-electron chi connectivity index (χ0n) is 5.84. The van der Waals surface area contributed by atoms with Gasteiger partial charge in [0.05, 0.1) is 6.61 Å². The molecule has 5 N–H and O–H groups in total. The van der Waals surface area contributed by atoms with E-state index in [9.17, 15) is 9.59 Å². The summed E-state index contributed by atoms with van der Waals surface area (Å²) in [6.07, 6.45) is -2.26. The first-order valence-corrected chi connectivity index (χ1v) is 2.85. The first-order chi connectivity index (χ1) is 5.37. The molecule has 7 heteroatoms. The first kappa shape index (κ1) is 10.8. The predicted octanol–water partition coefficient (Wildman–Crippen LogP) is -2.76. The molecule has 0 bridgehead atoms. The second kappa shape index (κ2) is 3.48. The summed E-state index contributed by atoms with van der Waals surface area (Å²) < 4.78 is 0.